The van der Waals surface area contributed by atoms with E-state index < -0.39 is 0 Å². The maximum absolute atomic E-state index is 2.46. The first-order valence-corrected chi connectivity index (χ1v) is 6.83. The van der Waals surface area contributed by atoms with E-state index >= 15 is 0 Å². The zero-order valence-corrected chi connectivity index (χ0v) is 10.9. The van der Waals surface area contributed by atoms with Crippen molar-refractivity contribution in [1.29, 1.82) is 0 Å². The lowest BCUT2D eigenvalue weighted by Crippen LogP contribution is -2.24. The van der Waals surface area contributed by atoms with Crippen molar-refractivity contribution in [1.82, 2.24) is 0 Å². The zero-order chi connectivity index (χ0) is 12.4. The molecule has 1 aliphatic rings. The fourth-order valence-electron chi connectivity index (χ4n) is 2.75. The average Bonchev–Trinajstić information content (AvgIpc) is 2.47. The fourth-order valence-corrected chi connectivity index (χ4v) is 2.75. The van der Waals surface area contributed by atoms with Gasteiger partial charge in [0.15, 0.2) is 0 Å². The van der Waals surface area contributed by atoms with E-state index in [-0.39, 0.29) is 0 Å². The van der Waals surface area contributed by atoms with Crippen LogP contribution in [0.5, 0.6) is 0 Å². The number of aryl methyl sites for hydroxylation is 2. The van der Waals surface area contributed by atoms with Gasteiger partial charge in [0.25, 0.3) is 0 Å². The van der Waals surface area contributed by atoms with Gasteiger partial charge < -0.3 is 4.90 Å². The van der Waals surface area contributed by atoms with E-state index in [0.717, 1.165) is 13.0 Å². The lowest BCUT2D eigenvalue weighted by molar-refractivity contribution is 0.766. The largest absolute Gasteiger partial charge is 0.341 e. The summed E-state index contributed by atoms with van der Waals surface area (Å²) in [4.78, 5) is 2.46. The van der Waals surface area contributed by atoms with Crippen molar-refractivity contribution in [3.05, 3.63) is 59.7 Å². The van der Waals surface area contributed by atoms with E-state index in [1.54, 1.807) is 0 Å². The summed E-state index contributed by atoms with van der Waals surface area (Å²) in [5, 5.41) is 0. The Morgan fingerprint density at radius 1 is 1.06 bits per heavy atom. The second-order valence-corrected chi connectivity index (χ2v) is 4.91. The number of hydrogen-bond acceptors (Lipinski definition) is 1. The van der Waals surface area contributed by atoms with Crippen LogP contribution in [0.25, 0.3) is 0 Å². The van der Waals surface area contributed by atoms with Crippen molar-refractivity contribution in [3.8, 4) is 0 Å². The minimum atomic E-state index is 1.10. The number of nitrogens with zero attached hydrogens (tertiary/aromatic N) is 1. The van der Waals surface area contributed by atoms with Crippen LogP contribution in [0.15, 0.2) is 48.5 Å². The summed E-state index contributed by atoms with van der Waals surface area (Å²) >= 11 is 0. The summed E-state index contributed by atoms with van der Waals surface area (Å²) in [6, 6.07) is 17.7. The second kappa shape index (κ2) is 4.85. The molecule has 0 aromatic heterocycles. The summed E-state index contributed by atoms with van der Waals surface area (Å²) in [5.74, 6) is 0. The zero-order valence-electron chi connectivity index (χ0n) is 10.9. The molecule has 0 unspecified atom stereocenters. The molecule has 0 amide bonds. The molecule has 0 atom stereocenters. The molecule has 92 valence electrons. The lowest BCUT2D eigenvalue weighted by Gasteiger charge is -2.31. The molecule has 0 fully saturated rings. The van der Waals surface area contributed by atoms with Crippen molar-refractivity contribution < 1.29 is 0 Å². The van der Waals surface area contributed by atoms with Crippen LogP contribution in [0.1, 0.15) is 24.5 Å². The van der Waals surface area contributed by atoms with Crippen LogP contribution in [-0.4, -0.2) is 6.54 Å². The monoisotopic (exact) mass is 237 g/mol. The summed E-state index contributed by atoms with van der Waals surface area (Å²) in [5.41, 5.74) is 5.61. The highest BCUT2D eigenvalue weighted by Gasteiger charge is 2.17. The van der Waals surface area contributed by atoms with Gasteiger partial charge in [0.1, 0.15) is 0 Å². The lowest BCUT2D eigenvalue weighted by atomic mass is 10.0. The van der Waals surface area contributed by atoms with Gasteiger partial charge in [-0.25, -0.2) is 0 Å². The first-order chi connectivity index (χ1) is 8.88. The van der Waals surface area contributed by atoms with Gasteiger partial charge in [-0.15, -0.1) is 0 Å². The smallest absolute Gasteiger partial charge is 0.0443 e. The third-order valence-electron chi connectivity index (χ3n) is 3.74. The molecule has 0 bridgehead atoms. The van der Waals surface area contributed by atoms with Crippen LogP contribution in [0.3, 0.4) is 0 Å². The Bertz CT molecular complexity index is 545. The minimum absolute atomic E-state index is 1.10. The molecule has 0 saturated carbocycles. The molecule has 0 spiro atoms. The number of para-hydroxylation sites is 1. The molecule has 0 radical (unpaired) electrons. The fraction of sp³-hybridized carbons (Fsp3) is 0.294. The highest BCUT2D eigenvalue weighted by atomic mass is 15.1. The third kappa shape index (κ3) is 2.01. The van der Waals surface area contributed by atoms with Crippen molar-refractivity contribution >= 4 is 11.4 Å². The molecule has 0 aliphatic carbocycles. The van der Waals surface area contributed by atoms with Gasteiger partial charge in [-0.05, 0) is 48.6 Å². The number of benzene rings is 2. The molecule has 1 heteroatoms. The van der Waals surface area contributed by atoms with Crippen molar-refractivity contribution in [3.63, 3.8) is 0 Å². The van der Waals surface area contributed by atoms with E-state index in [0.29, 0.717) is 0 Å². The molecule has 3 rings (SSSR count). The summed E-state index contributed by atoms with van der Waals surface area (Å²) < 4.78 is 0. The Balaban J connectivity index is 2.02. The third-order valence-corrected chi connectivity index (χ3v) is 3.74. The van der Waals surface area contributed by atoms with Gasteiger partial charge in [0, 0.05) is 17.9 Å². The molecule has 0 saturated heterocycles. The van der Waals surface area contributed by atoms with E-state index in [1.807, 2.05) is 0 Å². The predicted octanol–water partition coefficient (Wildman–Crippen LogP) is 4.33. The van der Waals surface area contributed by atoms with Crippen LogP contribution in [0, 0.1) is 0 Å². The first-order valence-electron chi connectivity index (χ1n) is 6.83. The molecule has 1 aliphatic heterocycles. The highest BCUT2D eigenvalue weighted by Crippen LogP contribution is 2.33. The van der Waals surface area contributed by atoms with Crippen molar-refractivity contribution in [2.75, 3.05) is 11.4 Å². The van der Waals surface area contributed by atoms with E-state index in [4.69, 9.17) is 0 Å². The molecule has 2 aromatic carbocycles. The Morgan fingerprint density at radius 2 is 1.94 bits per heavy atom. The standard InChI is InChI=1S/C17H19N/c1-2-14-7-5-10-16(13-14)18-12-6-9-15-8-3-4-11-17(15)18/h3-5,7-8,10-11,13H,2,6,9,12H2,1H3. The first kappa shape index (κ1) is 11.3. The number of hydrogen-bond donors (Lipinski definition) is 0. The molecular formula is C17H19N. The number of fused-ring (bicyclic) bond motifs is 1. The Kier molecular flexibility index (Phi) is 3.06. The average molecular weight is 237 g/mol. The quantitative estimate of drug-likeness (QED) is 0.751. The van der Waals surface area contributed by atoms with Crippen LogP contribution in [0.2, 0.25) is 0 Å². The topological polar surface area (TPSA) is 3.24 Å². The Morgan fingerprint density at radius 3 is 2.83 bits per heavy atom. The maximum atomic E-state index is 2.46. The van der Waals surface area contributed by atoms with Crippen LogP contribution >= 0.6 is 0 Å². The summed E-state index contributed by atoms with van der Waals surface area (Å²) in [7, 11) is 0. The number of rotatable bonds is 2. The van der Waals surface area contributed by atoms with Crippen molar-refractivity contribution in [2.45, 2.75) is 26.2 Å². The summed E-state index contributed by atoms with van der Waals surface area (Å²) in [6.45, 7) is 3.34. The van der Waals surface area contributed by atoms with Gasteiger partial charge in [-0.1, -0.05) is 37.3 Å². The van der Waals surface area contributed by atoms with Gasteiger partial charge >= 0.3 is 0 Å². The normalized spacial score (nSPS) is 14.4. The molecular weight excluding hydrogens is 218 g/mol. The van der Waals surface area contributed by atoms with Crippen LogP contribution < -0.4 is 4.90 Å². The molecule has 18 heavy (non-hydrogen) atoms. The van der Waals surface area contributed by atoms with Gasteiger partial charge in [0.05, 0.1) is 0 Å². The predicted molar refractivity (Wildman–Crippen MR) is 77.6 cm³/mol. The SMILES string of the molecule is CCc1cccc(N2CCCc3ccccc32)c1. The molecule has 0 N–H and O–H groups in total. The Hall–Kier alpha value is -1.76. The molecule has 1 heterocycles. The highest BCUT2D eigenvalue weighted by molar-refractivity contribution is 5.68. The van der Waals surface area contributed by atoms with Crippen LogP contribution in [-0.2, 0) is 12.8 Å². The van der Waals surface area contributed by atoms with E-state index in [2.05, 4.69) is 60.4 Å². The Labute approximate surface area is 109 Å². The van der Waals surface area contributed by atoms with E-state index in [1.165, 1.54) is 35.3 Å². The minimum Gasteiger partial charge on any atom is -0.341 e. The molecule has 2 aromatic rings. The van der Waals surface area contributed by atoms with E-state index in [9.17, 15) is 0 Å². The van der Waals surface area contributed by atoms with Gasteiger partial charge in [-0.2, -0.15) is 0 Å². The van der Waals surface area contributed by atoms with Crippen molar-refractivity contribution in [2.24, 2.45) is 0 Å². The maximum Gasteiger partial charge on any atom is 0.0443 e. The number of anilines is 2. The van der Waals surface area contributed by atoms with Gasteiger partial charge in [0.2, 0.25) is 0 Å². The van der Waals surface area contributed by atoms with Gasteiger partial charge in [-0.3, -0.25) is 0 Å². The summed E-state index contributed by atoms with van der Waals surface area (Å²) in [6.07, 6.45) is 3.55. The molecule has 1 nitrogen and oxygen atoms in total. The van der Waals surface area contributed by atoms with Crippen LogP contribution in [0.4, 0.5) is 11.4 Å². The second-order valence-electron chi connectivity index (χ2n) is 4.91.